The van der Waals surface area contributed by atoms with Crippen molar-refractivity contribution >= 4 is 11.6 Å². The molecule has 0 aromatic heterocycles. The zero-order valence-electron chi connectivity index (χ0n) is 17.5. The van der Waals surface area contributed by atoms with Crippen LogP contribution in [0.2, 0.25) is 0 Å². The average Bonchev–Trinajstić information content (AvgIpc) is 3.21. The molecule has 0 saturated heterocycles. The molecule has 0 bridgehead atoms. The molecule has 152 valence electrons. The predicted octanol–water partition coefficient (Wildman–Crippen LogP) is 4.80. The highest BCUT2D eigenvalue weighted by atomic mass is 16.2. The van der Waals surface area contributed by atoms with E-state index in [2.05, 4.69) is 55.5 Å². The maximum absolute atomic E-state index is 13.2. The van der Waals surface area contributed by atoms with Gasteiger partial charge >= 0.3 is 0 Å². The molecule has 3 aromatic carbocycles. The minimum atomic E-state index is -0.0693. The lowest BCUT2D eigenvalue weighted by Gasteiger charge is -2.24. The first-order valence-corrected chi connectivity index (χ1v) is 10.3. The molecule has 0 fully saturated rings. The maximum atomic E-state index is 13.2. The van der Waals surface area contributed by atoms with E-state index < -0.39 is 0 Å². The monoisotopic (exact) mass is 397 g/mol. The Hall–Kier alpha value is -3.24. The first-order valence-electron chi connectivity index (χ1n) is 10.3. The van der Waals surface area contributed by atoms with Gasteiger partial charge in [-0.3, -0.25) is 9.69 Å². The van der Waals surface area contributed by atoms with Gasteiger partial charge in [-0.1, -0.05) is 90.5 Å². The normalized spacial score (nSPS) is 16.0. The number of amides is 1. The van der Waals surface area contributed by atoms with Gasteiger partial charge in [0, 0.05) is 13.0 Å². The summed E-state index contributed by atoms with van der Waals surface area (Å²) < 4.78 is 0. The molecule has 1 unspecified atom stereocenters. The number of aryl methyl sites for hydroxylation is 1. The van der Waals surface area contributed by atoms with Crippen LogP contribution in [0.5, 0.6) is 0 Å². The first-order chi connectivity index (χ1) is 14.6. The van der Waals surface area contributed by atoms with Gasteiger partial charge in [0.05, 0.1) is 18.3 Å². The second-order valence-electron chi connectivity index (χ2n) is 7.94. The number of carbonyl (C=O) groups excluding carboxylic acids is 1. The number of nitrogens with zero attached hydrogens (tertiary/aromatic N) is 3. The highest BCUT2D eigenvalue weighted by molar-refractivity contribution is 6.03. The van der Waals surface area contributed by atoms with Crippen LogP contribution in [0.1, 0.15) is 34.7 Å². The van der Waals surface area contributed by atoms with Crippen molar-refractivity contribution in [2.45, 2.75) is 25.9 Å². The summed E-state index contributed by atoms with van der Waals surface area (Å²) in [4.78, 5) is 15.3. The quantitative estimate of drug-likeness (QED) is 0.599. The highest BCUT2D eigenvalue weighted by Gasteiger charge is 2.33. The molecule has 0 N–H and O–H groups in total. The van der Waals surface area contributed by atoms with Gasteiger partial charge in [-0.15, -0.1) is 0 Å². The lowest BCUT2D eigenvalue weighted by atomic mass is 9.98. The van der Waals surface area contributed by atoms with E-state index in [1.54, 1.807) is 5.01 Å². The molecule has 1 atom stereocenters. The number of likely N-dealkylation sites (N-methyl/N-ethyl adjacent to an activating group) is 1. The van der Waals surface area contributed by atoms with Crippen LogP contribution in [-0.2, 0) is 11.3 Å². The van der Waals surface area contributed by atoms with Crippen LogP contribution in [0, 0.1) is 6.92 Å². The van der Waals surface area contributed by atoms with Crippen LogP contribution in [0.15, 0.2) is 90.0 Å². The van der Waals surface area contributed by atoms with Gasteiger partial charge in [0.25, 0.3) is 5.91 Å². The van der Waals surface area contributed by atoms with Crippen molar-refractivity contribution in [2.24, 2.45) is 5.10 Å². The largest absolute Gasteiger partial charge is 0.293 e. The summed E-state index contributed by atoms with van der Waals surface area (Å²) in [5.74, 6) is 0.0180. The standard InChI is InChI=1S/C26H27N3O/c1-20-13-15-22(16-14-20)24-17-25(23-11-7-4-8-12-23)29(27-24)26(30)19-28(2)18-21-9-5-3-6-10-21/h3-16,25H,17-19H2,1-2H3. The van der Waals surface area contributed by atoms with Crippen LogP contribution in [0.3, 0.4) is 0 Å². The third kappa shape index (κ3) is 4.66. The SMILES string of the molecule is Cc1ccc(C2=NN(C(=O)CN(C)Cc3ccccc3)C(c3ccccc3)C2)cc1. The minimum absolute atomic E-state index is 0.0180. The molecule has 1 amide bonds. The Balaban J connectivity index is 1.54. The van der Waals surface area contributed by atoms with Crippen LogP contribution < -0.4 is 0 Å². The summed E-state index contributed by atoms with van der Waals surface area (Å²) in [7, 11) is 1.98. The fourth-order valence-corrected chi connectivity index (χ4v) is 3.85. The fourth-order valence-electron chi connectivity index (χ4n) is 3.85. The summed E-state index contributed by atoms with van der Waals surface area (Å²) >= 11 is 0. The highest BCUT2D eigenvalue weighted by Crippen LogP contribution is 2.32. The number of hydrogen-bond donors (Lipinski definition) is 0. The summed E-state index contributed by atoms with van der Waals surface area (Å²) in [6.45, 7) is 3.12. The molecule has 4 heteroatoms. The number of benzene rings is 3. The van der Waals surface area contributed by atoms with Crippen molar-refractivity contribution in [3.8, 4) is 0 Å². The van der Waals surface area contributed by atoms with Crippen molar-refractivity contribution in [3.05, 3.63) is 107 Å². The summed E-state index contributed by atoms with van der Waals surface area (Å²) in [6, 6.07) is 28.7. The second kappa shape index (κ2) is 9.06. The third-order valence-corrected chi connectivity index (χ3v) is 5.44. The van der Waals surface area contributed by atoms with Gasteiger partial charge in [0.15, 0.2) is 0 Å². The molecule has 0 saturated carbocycles. The summed E-state index contributed by atoms with van der Waals surface area (Å²) in [5, 5.41) is 6.47. The lowest BCUT2D eigenvalue weighted by Crippen LogP contribution is -2.36. The van der Waals surface area contributed by atoms with Gasteiger partial charge in [-0.2, -0.15) is 5.10 Å². The molecule has 0 radical (unpaired) electrons. The first kappa shape index (κ1) is 20.0. The van der Waals surface area contributed by atoms with Gasteiger partial charge < -0.3 is 0 Å². The van der Waals surface area contributed by atoms with E-state index >= 15 is 0 Å². The molecular formula is C26H27N3O. The molecule has 4 rings (SSSR count). The van der Waals surface area contributed by atoms with Crippen molar-refractivity contribution in [2.75, 3.05) is 13.6 Å². The molecule has 1 aliphatic rings. The summed E-state index contributed by atoms with van der Waals surface area (Å²) in [5.41, 5.74) is 5.56. The molecule has 0 spiro atoms. The number of rotatable bonds is 6. The van der Waals surface area contributed by atoms with Crippen LogP contribution in [-0.4, -0.2) is 35.1 Å². The van der Waals surface area contributed by atoms with Crippen molar-refractivity contribution in [1.82, 2.24) is 9.91 Å². The second-order valence-corrected chi connectivity index (χ2v) is 7.94. The Morgan fingerprint density at radius 3 is 2.27 bits per heavy atom. The van der Waals surface area contributed by atoms with Crippen LogP contribution >= 0.6 is 0 Å². The molecule has 3 aromatic rings. The molecule has 1 heterocycles. The van der Waals surface area contributed by atoms with E-state index in [0.29, 0.717) is 6.54 Å². The van der Waals surface area contributed by atoms with Crippen molar-refractivity contribution in [1.29, 1.82) is 0 Å². The zero-order chi connectivity index (χ0) is 20.9. The number of carbonyl (C=O) groups is 1. The van der Waals surface area contributed by atoms with Crippen molar-refractivity contribution < 1.29 is 4.79 Å². The average molecular weight is 398 g/mol. The van der Waals surface area contributed by atoms with E-state index in [1.165, 1.54) is 11.1 Å². The smallest absolute Gasteiger partial charge is 0.257 e. The van der Waals surface area contributed by atoms with Gasteiger partial charge in [-0.25, -0.2) is 5.01 Å². The topological polar surface area (TPSA) is 35.9 Å². The molecular weight excluding hydrogens is 370 g/mol. The molecule has 4 nitrogen and oxygen atoms in total. The van der Waals surface area contributed by atoms with E-state index in [9.17, 15) is 4.79 Å². The van der Waals surface area contributed by atoms with Crippen LogP contribution in [0.25, 0.3) is 0 Å². The van der Waals surface area contributed by atoms with E-state index in [-0.39, 0.29) is 11.9 Å². The Morgan fingerprint density at radius 1 is 0.967 bits per heavy atom. The van der Waals surface area contributed by atoms with E-state index in [4.69, 9.17) is 5.10 Å². The van der Waals surface area contributed by atoms with E-state index in [0.717, 1.165) is 29.8 Å². The van der Waals surface area contributed by atoms with Gasteiger partial charge in [0.2, 0.25) is 0 Å². The summed E-state index contributed by atoms with van der Waals surface area (Å²) in [6.07, 6.45) is 0.723. The lowest BCUT2D eigenvalue weighted by molar-refractivity contribution is -0.134. The Bertz CT molecular complexity index is 1010. The number of hydrogen-bond acceptors (Lipinski definition) is 3. The van der Waals surface area contributed by atoms with Gasteiger partial charge in [0.1, 0.15) is 0 Å². The predicted molar refractivity (Wildman–Crippen MR) is 121 cm³/mol. The molecule has 1 aliphatic heterocycles. The number of hydrazone groups is 1. The van der Waals surface area contributed by atoms with Crippen LogP contribution in [0.4, 0.5) is 0 Å². The Morgan fingerprint density at radius 2 is 1.60 bits per heavy atom. The molecule has 30 heavy (non-hydrogen) atoms. The third-order valence-electron chi connectivity index (χ3n) is 5.44. The van der Waals surface area contributed by atoms with E-state index in [1.807, 2.05) is 48.3 Å². The van der Waals surface area contributed by atoms with Crippen molar-refractivity contribution in [3.63, 3.8) is 0 Å². The zero-order valence-corrected chi connectivity index (χ0v) is 17.5. The Labute approximate surface area is 178 Å². The molecule has 0 aliphatic carbocycles. The minimum Gasteiger partial charge on any atom is -0.293 e. The fraction of sp³-hybridized carbons (Fsp3) is 0.231. The maximum Gasteiger partial charge on any atom is 0.257 e. The Kier molecular flexibility index (Phi) is 6.05. The van der Waals surface area contributed by atoms with Gasteiger partial charge in [-0.05, 0) is 30.7 Å².